The summed E-state index contributed by atoms with van der Waals surface area (Å²) in [6, 6.07) is 2.05. The van der Waals surface area contributed by atoms with E-state index in [1.807, 2.05) is 12.3 Å². The van der Waals surface area contributed by atoms with Gasteiger partial charge in [0, 0.05) is 16.7 Å². The van der Waals surface area contributed by atoms with Gasteiger partial charge in [0.25, 0.3) is 5.89 Å². The Kier molecular flexibility index (Phi) is 2.14. The van der Waals surface area contributed by atoms with Gasteiger partial charge in [-0.3, -0.25) is 0 Å². The van der Waals surface area contributed by atoms with Crippen LogP contribution >= 0.6 is 11.3 Å². The van der Waals surface area contributed by atoms with Crippen LogP contribution in [0.3, 0.4) is 0 Å². The number of aryl methyl sites for hydroxylation is 2. The monoisotopic (exact) mass is 194 g/mol. The molecule has 2 aromatic heterocycles. The molecule has 0 radical (unpaired) electrons. The third-order valence-corrected chi connectivity index (χ3v) is 2.62. The van der Waals surface area contributed by atoms with E-state index in [1.165, 1.54) is 4.88 Å². The molecule has 0 aromatic carbocycles. The fourth-order valence-corrected chi connectivity index (χ4v) is 1.75. The second-order valence-corrected chi connectivity index (χ2v) is 3.93. The Bertz CT molecular complexity index is 405. The lowest BCUT2D eigenvalue weighted by atomic mass is 10.3. The molecule has 2 rings (SSSR count). The van der Waals surface area contributed by atoms with Crippen molar-refractivity contribution in [2.75, 3.05) is 0 Å². The topological polar surface area (TPSA) is 38.9 Å². The van der Waals surface area contributed by atoms with E-state index >= 15 is 0 Å². The third kappa shape index (κ3) is 1.62. The maximum Gasteiger partial charge on any atom is 0.258 e. The second-order valence-electron chi connectivity index (χ2n) is 2.82. The molecule has 2 heterocycles. The highest BCUT2D eigenvalue weighted by atomic mass is 32.1. The summed E-state index contributed by atoms with van der Waals surface area (Å²) in [4.78, 5) is 5.50. The van der Waals surface area contributed by atoms with Crippen molar-refractivity contribution in [1.82, 2.24) is 10.1 Å². The summed E-state index contributed by atoms with van der Waals surface area (Å²) in [6.07, 6.45) is 0.812. The van der Waals surface area contributed by atoms with Gasteiger partial charge < -0.3 is 4.52 Å². The Balaban J connectivity index is 2.35. The second kappa shape index (κ2) is 3.30. The van der Waals surface area contributed by atoms with Gasteiger partial charge in [-0.05, 0) is 13.0 Å². The summed E-state index contributed by atoms with van der Waals surface area (Å²) in [5.74, 6) is 1.39. The van der Waals surface area contributed by atoms with Crippen molar-refractivity contribution in [1.29, 1.82) is 0 Å². The molecule has 4 heteroatoms. The zero-order chi connectivity index (χ0) is 9.26. The predicted molar refractivity (Wildman–Crippen MR) is 51.7 cm³/mol. The Hall–Kier alpha value is -1.16. The van der Waals surface area contributed by atoms with Crippen molar-refractivity contribution in [2.24, 2.45) is 0 Å². The number of aromatic nitrogens is 2. The molecule has 0 bridgehead atoms. The number of rotatable bonds is 2. The Labute approximate surface area is 80.4 Å². The minimum atomic E-state index is 0.626. The van der Waals surface area contributed by atoms with E-state index in [0.29, 0.717) is 5.89 Å². The van der Waals surface area contributed by atoms with Crippen molar-refractivity contribution in [3.8, 4) is 11.5 Å². The van der Waals surface area contributed by atoms with E-state index in [0.717, 1.165) is 17.8 Å². The van der Waals surface area contributed by atoms with Gasteiger partial charge in [-0.25, -0.2) is 0 Å². The Morgan fingerprint density at radius 3 is 2.92 bits per heavy atom. The normalized spacial score (nSPS) is 10.6. The van der Waals surface area contributed by atoms with Crippen molar-refractivity contribution >= 4 is 11.3 Å². The molecule has 0 saturated heterocycles. The first-order valence-electron chi connectivity index (χ1n) is 4.17. The highest BCUT2D eigenvalue weighted by molar-refractivity contribution is 7.10. The third-order valence-electron chi connectivity index (χ3n) is 1.76. The fourth-order valence-electron chi connectivity index (χ4n) is 1.07. The van der Waals surface area contributed by atoms with Crippen LogP contribution in [0.25, 0.3) is 11.5 Å². The molecule has 0 fully saturated rings. The summed E-state index contributed by atoms with van der Waals surface area (Å²) in [5.41, 5.74) is 1.02. The Morgan fingerprint density at radius 1 is 1.54 bits per heavy atom. The van der Waals surface area contributed by atoms with E-state index in [2.05, 4.69) is 23.1 Å². The number of nitrogens with zero attached hydrogens (tertiary/aromatic N) is 2. The highest BCUT2D eigenvalue weighted by Gasteiger charge is 2.08. The molecule has 0 spiro atoms. The van der Waals surface area contributed by atoms with Crippen LogP contribution in [-0.2, 0) is 6.42 Å². The molecule has 0 aliphatic rings. The zero-order valence-electron chi connectivity index (χ0n) is 7.57. The summed E-state index contributed by atoms with van der Waals surface area (Å²) in [5, 5.41) is 5.87. The fraction of sp³-hybridized carbons (Fsp3) is 0.333. The number of hydrogen-bond acceptors (Lipinski definition) is 4. The minimum absolute atomic E-state index is 0.626. The van der Waals surface area contributed by atoms with Gasteiger partial charge in [-0.15, -0.1) is 11.3 Å². The highest BCUT2D eigenvalue weighted by Crippen LogP contribution is 2.23. The summed E-state index contributed by atoms with van der Waals surface area (Å²) in [7, 11) is 0. The van der Waals surface area contributed by atoms with Crippen LogP contribution in [0.1, 0.15) is 17.6 Å². The first-order valence-corrected chi connectivity index (χ1v) is 5.05. The maximum atomic E-state index is 5.10. The SMILES string of the molecule is CCc1noc(-c2csc(C)c2)n1. The number of thiophene rings is 1. The van der Waals surface area contributed by atoms with Crippen LogP contribution in [0.5, 0.6) is 0 Å². The van der Waals surface area contributed by atoms with Crippen molar-refractivity contribution in [2.45, 2.75) is 20.3 Å². The van der Waals surface area contributed by atoms with Crippen molar-refractivity contribution in [3.05, 3.63) is 22.1 Å². The smallest absolute Gasteiger partial charge is 0.258 e. The van der Waals surface area contributed by atoms with Gasteiger partial charge in [0.1, 0.15) is 0 Å². The van der Waals surface area contributed by atoms with Crippen molar-refractivity contribution < 1.29 is 4.52 Å². The first kappa shape index (κ1) is 8.44. The average Bonchev–Trinajstić information content (AvgIpc) is 2.71. The van der Waals surface area contributed by atoms with Gasteiger partial charge in [0.15, 0.2) is 5.82 Å². The van der Waals surface area contributed by atoms with E-state index in [9.17, 15) is 0 Å². The van der Waals surface area contributed by atoms with E-state index in [4.69, 9.17) is 4.52 Å². The van der Waals surface area contributed by atoms with Gasteiger partial charge >= 0.3 is 0 Å². The molecule has 0 atom stereocenters. The van der Waals surface area contributed by atoms with Gasteiger partial charge in [-0.1, -0.05) is 12.1 Å². The van der Waals surface area contributed by atoms with Gasteiger partial charge in [-0.2, -0.15) is 4.98 Å². The van der Waals surface area contributed by atoms with Crippen LogP contribution in [0.4, 0.5) is 0 Å². The van der Waals surface area contributed by atoms with E-state index in [1.54, 1.807) is 11.3 Å². The Morgan fingerprint density at radius 2 is 2.38 bits per heavy atom. The van der Waals surface area contributed by atoms with Crippen LogP contribution in [0.2, 0.25) is 0 Å². The van der Waals surface area contributed by atoms with Crippen LogP contribution in [0.15, 0.2) is 16.0 Å². The van der Waals surface area contributed by atoms with Gasteiger partial charge in [0.05, 0.1) is 5.56 Å². The molecule has 68 valence electrons. The molecule has 0 saturated carbocycles. The minimum Gasteiger partial charge on any atom is -0.334 e. The molecule has 0 aliphatic carbocycles. The first-order chi connectivity index (χ1) is 6.29. The van der Waals surface area contributed by atoms with E-state index in [-0.39, 0.29) is 0 Å². The molecule has 3 nitrogen and oxygen atoms in total. The lowest BCUT2D eigenvalue weighted by Gasteiger charge is -1.82. The van der Waals surface area contributed by atoms with Crippen LogP contribution in [-0.4, -0.2) is 10.1 Å². The molecule has 0 unspecified atom stereocenters. The summed E-state index contributed by atoms with van der Waals surface area (Å²) >= 11 is 1.69. The lowest BCUT2D eigenvalue weighted by molar-refractivity contribution is 0.423. The molecule has 0 amide bonds. The standard InChI is InChI=1S/C9H10N2OS/c1-3-8-10-9(12-11-8)7-4-6(2)13-5-7/h4-5H,3H2,1-2H3. The number of hydrogen-bond donors (Lipinski definition) is 0. The molecule has 13 heavy (non-hydrogen) atoms. The largest absolute Gasteiger partial charge is 0.334 e. The quantitative estimate of drug-likeness (QED) is 0.737. The van der Waals surface area contributed by atoms with Crippen molar-refractivity contribution in [3.63, 3.8) is 0 Å². The predicted octanol–water partition coefficient (Wildman–Crippen LogP) is 2.67. The van der Waals surface area contributed by atoms with Crippen LogP contribution in [0, 0.1) is 6.92 Å². The molecular formula is C9H10N2OS. The van der Waals surface area contributed by atoms with Gasteiger partial charge in [0.2, 0.25) is 0 Å². The zero-order valence-corrected chi connectivity index (χ0v) is 8.39. The van der Waals surface area contributed by atoms with Crippen LogP contribution < -0.4 is 0 Å². The molecular weight excluding hydrogens is 184 g/mol. The summed E-state index contributed by atoms with van der Waals surface area (Å²) < 4.78 is 5.10. The maximum absolute atomic E-state index is 5.10. The molecule has 2 aromatic rings. The average molecular weight is 194 g/mol. The molecule has 0 aliphatic heterocycles. The molecule has 0 N–H and O–H groups in total. The summed E-state index contributed by atoms with van der Waals surface area (Å²) in [6.45, 7) is 4.07. The lowest BCUT2D eigenvalue weighted by Crippen LogP contribution is -1.81. The van der Waals surface area contributed by atoms with E-state index < -0.39 is 0 Å².